The first-order chi connectivity index (χ1) is 10.2. The second-order valence-electron chi connectivity index (χ2n) is 5.47. The Kier molecular flexibility index (Phi) is 2.70. The van der Waals surface area contributed by atoms with E-state index in [0.29, 0.717) is 25.1 Å². The number of hydrogen-bond donors (Lipinski definition) is 1. The highest BCUT2D eigenvalue weighted by Crippen LogP contribution is 2.24. The summed E-state index contributed by atoms with van der Waals surface area (Å²) >= 11 is 0. The highest BCUT2D eigenvalue weighted by molar-refractivity contribution is 5.97. The predicted molar refractivity (Wildman–Crippen MR) is 76.5 cm³/mol. The lowest BCUT2D eigenvalue weighted by Gasteiger charge is -2.17. The highest BCUT2D eigenvalue weighted by Gasteiger charge is 2.24. The lowest BCUT2D eigenvalue weighted by Crippen LogP contribution is -2.19. The number of hydrogen-bond acceptors (Lipinski definition) is 3. The van der Waals surface area contributed by atoms with Crippen LogP contribution in [0.25, 0.3) is 5.69 Å². The first-order valence-corrected chi connectivity index (χ1v) is 7.07. The van der Waals surface area contributed by atoms with E-state index in [9.17, 15) is 9.18 Å². The molecule has 2 aliphatic rings. The number of nitrogens with zero attached hydrogens (tertiary/aromatic N) is 3. The number of carbonyl (C=O) groups is 1. The molecule has 0 spiro atoms. The first kappa shape index (κ1) is 12.4. The monoisotopic (exact) mass is 286 g/mol. The summed E-state index contributed by atoms with van der Waals surface area (Å²) in [4.78, 5) is 13.6. The van der Waals surface area contributed by atoms with Gasteiger partial charge in [-0.15, -0.1) is 0 Å². The van der Waals surface area contributed by atoms with Crippen LogP contribution in [0.5, 0.6) is 0 Å². The molecule has 3 heterocycles. The van der Waals surface area contributed by atoms with Gasteiger partial charge in [-0.1, -0.05) is 0 Å². The third-order valence-corrected chi connectivity index (χ3v) is 4.06. The maximum Gasteiger partial charge on any atom is 0.255 e. The second-order valence-corrected chi connectivity index (χ2v) is 5.47. The summed E-state index contributed by atoms with van der Waals surface area (Å²) in [6.07, 6.45) is 1.63. The van der Waals surface area contributed by atoms with Crippen molar-refractivity contribution in [2.45, 2.75) is 19.1 Å². The number of fused-ring (bicyclic) bond motifs is 1. The number of rotatable bonds is 2. The van der Waals surface area contributed by atoms with Crippen LogP contribution in [0.4, 0.5) is 10.1 Å². The molecule has 21 heavy (non-hydrogen) atoms. The summed E-state index contributed by atoms with van der Waals surface area (Å²) in [7, 11) is 0. The highest BCUT2D eigenvalue weighted by atomic mass is 19.1. The Hall–Kier alpha value is -2.37. The zero-order valence-corrected chi connectivity index (χ0v) is 11.4. The van der Waals surface area contributed by atoms with Crippen molar-refractivity contribution in [3.63, 3.8) is 0 Å². The minimum Gasteiger partial charge on any atom is -0.369 e. The maximum atomic E-state index is 13.2. The van der Waals surface area contributed by atoms with Crippen LogP contribution in [-0.4, -0.2) is 34.9 Å². The first-order valence-electron chi connectivity index (χ1n) is 7.07. The lowest BCUT2D eigenvalue weighted by molar-refractivity contribution is 0.0965. The molecule has 6 heteroatoms. The van der Waals surface area contributed by atoms with Crippen LogP contribution >= 0.6 is 0 Å². The summed E-state index contributed by atoms with van der Waals surface area (Å²) in [5.41, 5.74) is 3.34. The Bertz CT molecular complexity index is 694. The van der Waals surface area contributed by atoms with Crippen LogP contribution in [0.1, 0.15) is 22.5 Å². The largest absolute Gasteiger partial charge is 0.369 e. The average molecular weight is 286 g/mol. The smallest absolute Gasteiger partial charge is 0.255 e. The Morgan fingerprint density at radius 2 is 2.00 bits per heavy atom. The number of aromatic nitrogens is 2. The van der Waals surface area contributed by atoms with E-state index in [2.05, 4.69) is 10.4 Å². The van der Waals surface area contributed by atoms with Crippen LogP contribution in [-0.2, 0) is 6.54 Å². The van der Waals surface area contributed by atoms with E-state index in [1.807, 2.05) is 29.2 Å². The van der Waals surface area contributed by atoms with Crippen LogP contribution in [0, 0.1) is 0 Å². The minimum atomic E-state index is -0.725. The van der Waals surface area contributed by atoms with Crippen molar-refractivity contribution in [1.29, 1.82) is 0 Å². The molecular weight excluding hydrogens is 271 g/mol. The average Bonchev–Trinajstić information content (AvgIpc) is 3.17. The lowest BCUT2D eigenvalue weighted by atomic mass is 10.2. The Morgan fingerprint density at radius 3 is 2.67 bits per heavy atom. The zero-order valence-electron chi connectivity index (χ0n) is 11.4. The van der Waals surface area contributed by atoms with Crippen molar-refractivity contribution in [3.8, 4) is 5.69 Å². The van der Waals surface area contributed by atoms with E-state index in [1.165, 1.54) is 0 Å². The van der Waals surface area contributed by atoms with Crippen LogP contribution < -0.4 is 10.2 Å². The fourth-order valence-electron chi connectivity index (χ4n) is 2.89. The molecule has 4 rings (SSSR count). The van der Waals surface area contributed by atoms with Gasteiger partial charge in [0, 0.05) is 25.0 Å². The normalized spacial score (nSPS) is 20.7. The number of nitrogens with one attached hydrogen (secondary N) is 1. The number of halogens is 1. The van der Waals surface area contributed by atoms with Gasteiger partial charge in [0.2, 0.25) is 0 Å². The maximum absolute atomic E-state index is 13.2. The van der Waals surface area contributed by atoms with Crippen LogP contribution in [0.2, 0.25) is 0 Å². The van der Waals surface area contributed by atoms with Gasteiger partial charge < -0.3 is 10.2 Å². The third-order valence-electron chi connectivity index (χ3n) is 4.06. The van der Waals surface area contributed by atoms with E-state index in [-0.39, 0.29) is 5.91 Å². The number of benzene rings is 1. The van der Waals surface area contributed by atoms with Gasteiger partial charge in [-0.3, -0.25) is 4.79 Å². The topological polar surface area (TPSA) is 50.2 Å². The van der Waals surface area contributed by atoms with Crippen LogP contribution in [0.3, 0.4) is 0 Å². The van der Waals surface area contributed by atoms with Crippen molar-refractivity contribution >= 4 is 11.6 Å². The van der Waals surface area contributed by atoms with Gasteiger partial charge >= 0.3 is 0 Å². The number of carbonyl (C=O) groups excluding carboxylic acids is 1. The molecule has 1 atom stereocenters. The van der Waals surface area contributed by atoms with E-state index in [0.717, 1.165) is 23.6 Å². The summed E-state index contributed by atoms with van der Waals surface area (Å²) in [5.74, 6) is -0.0704. The second kappa shape index (κ2) is 4.58. The number of alkyl halides is 1. The molecule has 2 aliphatic heterocycles. The summed E-state index contributed by atoms with van der Waals surface area (Å²) in [6.45, 7) is 1.72. The SMILES string of the molecule is O=C1NCc2nn(-c3ccc(N4CC[C@H](F)C4)cc3)cc21. The quantitative estimate of drug-likeness (QED) is 0.913. The molecule has 2 aromatic rings. The van der Waals surface area contributed by atoms with Gasteiger partial charge in [-0.25, -0.2) is 9.07 Å². The van der Waals surface area contributed by atoms with Crippen molar-refractivity contribution in [1.82, 2.24) is 15.1 Å². The van der Waals surface area contributed by atoms with Gasteiger partial charge in [-0.2, -0.15) is 5.10 Å². The molecule has 0 aliphatic carbocycles. The Balaban J connectivity index is 1.59. The summed E-state index contributed by atoms with van der Waals surface area (Å²) < 4.78 is 15.0. The Labute approximate surface area is 121 Å². The van der Waals surface area contributed by atoms with Gasteiger partial charge in [-0.05, 0) is 30.7 Å². The fraction of sp³-hybridized carbons (Fsp3) is 0.333. The summed E-state index contributed by atoms with van der Waals surface area (Å²) in [6, 6.07) is 7.84. The molecule has 1 aromatic carbocycles. The number of amides is 1. The summed E-state index contributed by atoms with van der Waals surface area (Å²) in [5, 5.41) is 7.15. The van der Waals surface area contributed by atoms with Crippen molar-refractivity contribution < 1.29 is 9.18 Å². The molecule has 0 saturated carbocycles. The molecule has 1 saturated heterocycles. The van der Waals surface area contributed by atoms with E-state index in [1.54, 1.807) is 10.9 Å². The van der Waals surface area contributed by atoms with Gasteiger partial charge in [0.05, 0.1) is 23.5 Å². The molecular formula is C15H15FN4O. The van der Waals surface area contributed by atoms with E-state index in [4.69, 9.17) is 0 Å². The molecule has 0 bridgehead atoms. The zero-order chi connectivity index (χ0) is 14.4. The standard InChI is InChI=1S/C15H15FN4O/c16-10-5-6-19(8-10)11-1-3-12(4-2-11)20-9-13-14(18-20)7-17-15(13)21/h1-4,9-10H,5-8H2,(H,17,21)/t10-/m0/s1. The number of anilines is 1. The molecule has 0 radical (unpaired) electrons. The molecule has 5 nitrogen and oxygen atoms in total. The van der Waals surface area contributed by atoms with E-state index < -0.39 is 6.17 Å². The molecule has 108 valence electrons. The van der Waals surface area contributed by atoms with Gasteiger partial charge in [0.15, 0.2) is 0 Å². The van der Waals surface area contributed by atoms with Gasteiger partial charge in [0.1, 0.15) is 6.17 Å². The molecule has 1 N–H and O–H groups in total. The minimum absolute atomic E-state index is 0.0704. The van der Waals surface area contributed by atoms with E-state index >= 15 is 0 Å². The van der Waals surface area contributed by atoms with Gasteiger partial charge in [0.25, 0.3) is 5.91 Å². The fourth-order valence-corrected chi connectivity index (χ4v) is 2.89. The third kappa shape index (κ3) is 2.07. The predicted octanol–water partition coefficient (Wildman–Crippen LogP) is 1.66. The molecule has 1 fully saturated rings. The molecule has 1 amide bonds. The van der Waals surface area contributed by atoms with Crippen molar-refractivity contribution in [3.05, 3.63) is 41.7 Å². The Morgan fingerprint density at radius 1 is 1.24 bits per heavy atom. The van der Waals surface area contributed by atoms with Crippen molar-refractivity contribution in [2.75, 3.05) is 18.0 Å². The van der Waals surface area contributed by atoms with Crippen LogP contribution in [0.15, 0.2) is 30.5 Å². The van der Waals surface area contributed by atoms with Crippen molar-refractivity contribution in [2.24, 2.45) is 0 Å². The molecule has 0 unspecified atom stereocenters. The molecule has 1 aromatic heterocycles.